The average Bonchev–Trinajstić information content (AvgIpc) is 3.57. The summed E-state index contributed by atoms with van der Waals surface area (Å²) in [6.45, 7) is 1.16. The Balaban J connectivity index is 1.67. The van der Waals surface area contributed by atoms with E-state index in [1.54, 1.807) is 6.20 Å². The van der Waals surface area contributed by atoms with Crippen LogP contribution in [-0.2, 0) is 25.6 Å². The molecule has 37 heavy (non-hydrogen) atoms. The van der Waals surface area contributed by atoms with Crippen LogP contribution >= 0.6 is 12.6 Å². The average molecular weight is 533 g/mol. The van der Waals surface area contributed by atoms with Crippen molar-refractivity contribution in [2.75, 3.05) is 18.8 Å². The van der Waals surface area contributed by atoms with Crippen LogP contribution in [0.4, 0.5) is 0 Å². The van der Waals surface area contributed by atoms with Gasteiger partial charge >= 0.3 is 5.97 Å². The standard InChI is InChI=1S/C25H36N6O5S/c26-10-4-3-8-19(29-24(34)21(14-37)31-22(32)18-9-5-11-27-18)23(33)30-20(25(35)36)12-15-13-28-17-7-2-1-6-16(15)17/h1-2,6-7,13,18-21,27-28,37H,3-5,8-12,14,26H2,(H,29,34)(H,30,33)(H,31,32)(H,35,36). The lowest BCUT2D eigenvalue weighted by atomic mass is 10.0. The third kappa shape index (κ3) is 7.94. The molecule has 2 aromatic rings. The number of unbranched alkanes of at least 4 members (excludes halogenated alkanes) is 1. The van der Waals surface area contributed by atoms with Crippen LogP contribution in [0.25, 0.3) is 10.9 Å². The number of carboxylic acid groups (broad SMARTS) is 1. The molecule has 0 radical (unpaired) electrons. The van der Waals surface area contributed by atoms with Crippen molar-refractivity contribution in [2.45, 2.75) is 62.7 Å². The highest BCUT2D eigenvalue weighted by Crippen LogP contribution is 2.19. The Kier molecular flexibility index (Phi) is 10.8. The van der Waals surface area contributed by atoms with E-state index in [-0.39, 0.29) is 30.5 Å². The van der Waals surface area contributed by atoms with Gasteiger partial charge in [-0.05, 0) is 56.8 Å². The van der Waals surface area contributed by atoms with Crippen LogP contribution in [-0.4, -0.2) is 76.8 Å². The van der Waals surface area contributed by atoms with E-state index in [1.165, 1.54) is 0 Å². The molecule has 1 aliphatic rings. The molecule has 1 aromatic carbocycles. The monoisotopic (exact) mass is 532 g/mol. The van der Waals surface area contributed by atoms with Crippen LogP contribution in [0, 0.1) is 0 Å². The summed E-state index contributed by atoms with van der Waals surface area (Å²) in [5.74, 6) is -2.60. The number of benzene rings is 1. The number of aliphatic carboxylic acids is 1. The Bertz CT molecular complexity index is 1090. The Morgan fingerprint density at radius 2 is 1.78 bits per heavy atom. The maximum absolute atomic E-state index is 13.2. The number of hydrogen-bond acceptors (Lipinski definition) is 7. The van der Waals surface area contributed by atoms with Crippen LogP contribution in [0.2, 0.25) is 0 Å². The molecule has 202 valence electrons. The number of carboxylic acids is 1. The van der Waals surface area contributed by atoms with Crippen molar-refractivity contribution in [1.82, 2.24) is 26.3 Å². The molecule has 4 unspecified atom stereocenters. The van der Waals surface area contributed by atoms with E-state index in [4.69, 9.17) is 5.73 Å². The summed E-state index contributed by atoms with van der Waals surface area (Å²) in [6, 6.07) is 4.00. The molecule has 0 aliphatic carbocycles. The Hall–Kier alpha value is -3.09. The highest BCUT2D eigenvalue weighted by atomic mass is 32.1. The number of nitrogens with one attached hydrogen (secondary N) is 5. The molecule has 1 aliphatic heterocycles. The predicted molar refractivity (Wildman–Crippen MR) is 143 cm³/mol. The van der Waals surface area contributed by atoms with Gasteiger partial charge in [0, 0.05) is 29.3 Å². The molecule has 3 amide bonds. The van der Waals surface area contributed by atoms with Gasteiger partial charge < -0.3 is 37.1 Å². The van der Waals surface area contributed by atoms with Gasteiger partial charge in [0.1, 0.15) is 18.1 Å². The van der Waals surface area contributed by atoms with Crippen LogP contribution in [0.3, 0.4) is 0 Å². The van der Waals surface area contributed by atoms with Crippen LogP contribution in [0.5, 0.6) is 0 Å². The molecular weight excluding hydrogens is 496 g/mol. The SMILES string of the molecule is NCCCCC(NC(=O)C(CS)NC(=O)C1CCCN1)C(=O)NC(Cc1c[nH]c2ccccc12)C(=O)O. The number of H-pyrrole nitrogens is 1. The van der Waals surface area contributed by atoms with E-state index in [0.29, 0.717) is 25.8 Å². The van der Waals surface area contributed by atoms with Crippen molar-refractivity contribution in [2.24, 2.45) is 5.73 Å². The van der Waals surface area contributed by atoms with E-state index in [9.17, 15) is 24.3 Å². The summed E-state index contributed by atoms with van der Waals surface area (Å²) < 4.78 is 0. The smallest absolute Gasteiger partial charge is 0.326 e. The topological polar surface area (TPSA) is 178 Å². The molecule has 12 heteroatoms. The number of nitrogens with two attached hydrogens (primary N) is 1. The zero-order valence-electron chi connectivity index (χ0n) is 20.7. The number of thiol groups is 1. The number of aromatic amines is 1. The molecule has 3 rings (SSSR count). The van der Waals surface area contributed by atoms with Crippen molar-refractivity contribution < 1.29 is 24.3 Å². The second kappa shape index (κ2) is 14.0. The molecular formula is C25H36N6O5S. The van der Waals surface area contributed by atoms with Gasteiger partial charge in [-0.15, -0.1) is 0 Å². The van der Waals surface area contributed by atoms with Gasteiger partial charge in [-0.2, -0.15) is 12.6 Å². The lowest BCUT2D eigenvalue weighted by molar-refractivity contribution is -0.142. The van der Waals surface area contributed by atoms with Crippen LogP contribution in [0.15, 0.2) is 30.5 Å². The zero-order chi connectivity index (χ0) is 26.8. The molecule has 0 saturated carbocycles. The summed E-state index contributed by atoms with van der Waals surface area (Å²) in [6.07, 6.45) is 4.82. The Morgan fingerprint density at radius 1 is 1.05 bits per heavy atom. The third-order valence-electron chi connectivity index (χ3n) is 6.49. The molecule has 1 aromatic heterocycles. The lowest BCUT2D eigenvalue weighted by Gasteiger charge is -2.24. The van der Waals surface area contributed by atoms with E-state index in [2.05, 4.69) is 38.9 Å². The molecule has 4 atom stereocenters. The van der Waals surface area contributed by atoms with Crippen molar-refractivity contribution >= 4 is 47.2 Å². The number of aromatic nitrogens is 1. The quantitative estimate of drug-likeness (QED) is 0.125. The molecule has 2 heterocycles. The second-order valence-electron chi connectivity index (χ2n) is 9.20. The van der Waals surface area contributed by atoms with E-state index in [1.807, 2.05) is 24.3 Å². The molecule has 0 spiro atoms. The van der Waals surface area contributed by atoms with Gasteiger partial charge in [0.2, 0.25) is 17.7 Å². The fourth-order valence-electron chi connectivity index (χ4n) is 4.40. The first-order chi connectivity index (χ1) is 17.8. The largest absolute Gasteiger partial charge is 0.480 e. The number of para-hydroxylation sites is 1. The van der Waals surface area contributed by atoms with Gasteiger partial charge in [-0.1, -0.05) is 18.2 Å². The fraction of sp³-hybridized carbons (Fsp3) is 0.520. The van der Waals surface area contributed by atoms with Gasteiger partial charge in [-0.3, -0.25) is 14.4 Å². The number of carbonyl (C=O) groups excluding carboxylic acids is 3. The highest BCUT2D eigenvalue weighted by molar-refractivity contribution is 7.80. The minimum absolute atomic E-state index is 0.0414. The normalized spacial score (nSPS) is 17.6. The summed E-state index contributed by atoms with van der Waals surface area (Å²) >= 11 is 4.20. The summed E-state index contributed by atoms with van der Waals surface area (Å²) in [4.78, 5) is 53.7. The predicted octanol–water partition coefficient (Wildman–Crippen LogP) is 0.0602. The second-order valence-corrected chi connectivity index (χ2v) is 9.57. The minimum atomic E-state index is -1.20. The van der Waals surface area contributed by atoms with E-state index >= 15 is 0 Å². The Labute approximate surface area is 221 Å². The molecule has 1 saturated heterocycles. The highest BCUT2D eigenvalue weighted by Gasteiger charge is 2.31. The number of hydrogen-bond donors (Lipinski definition) is 8. The first-order valence-electron chi connectivity index (χ1n) is 12.6. The van der Waals surface area contributed by atoms with Gasteiger partial charge in [-0.25, -0.2) is 4.79 Å². The summed E-state index contributed by atoms with van der Waals surface area (Å²) in [7, 11) is 0. The molecule has 0 bridgehead atoms. The van der Waals surface area contributed by atoms with Gasteiger partial charge in [0.25, 0.3) is 0 Å². The molecule has 11 nitrogen and oxygen atoms in total. The fourth-order valence-corrected chi connectivity index (χ4v) is 4.66. The summed E-state index contributed by atoms with van der Waals surface area (Å²) in [5.41, 5.74) is 7.21. The number of carbonyl (C=O) groups is 4. The lowest BCUT2D eigenvalue weighted by Crippen LogP contribution is -2.57. The minimum Gasteiger partial charge on any atom is -0.480 e. The van der Waals surface area contributed by atoms with Gasteiger partial charge in [0.15, 0.2) is 0 Å². The van der Waals surface area contributed by atoms with E-state index in [0.717, 1.165) is 29.4 Å². The number of rotatable bonds is 14. The van der Waals surface area contributed by atoms with Crippen LogP contribution in [0.1, 0.15) is 37.7 Å². The van der Waals surface area contributed by atoms with Crippen molar-refractivity contribution in [3.05, 3.63) is 36.0 Å². The van der Waals surface area contributed by atoms with Crippen molar-refractivity contribution in [3.63, 3.8) is 0 Å². The Morgan fingerprint density at radius 3 is 2.46 bits per heavy atom. The van der Waals surface area contributed by atoms with Crippen molar-refractivity contribution in [3.8, 4) is 0 Å². The van der Waals surface area contributed by atoms with Crippen molar-refractivity contribution in [1.29, 1.82) is 0 Å². The first-order valence-corrected chi connectivity index (χ1v) is 13.2. The maximum atomic E-state index is 13.2. The van der Waals surface area contributed by atoms with E-state index < -0.39 is 35.9 Å². The molecule has 8 N–H and O–H groups in total. The zero-order valence-corrected chi connectivity index (χ0v) is 21.6. The number of amides is 3. The maximum Gasteiger partial charge on any atom is 0.326 e. The van der Waals surface area contributed by atoms with Crippen LogP contribution < -0.4 is 27.0 Å². The first kappa shape index (κ1) is 28.5. The molecule has 1 fully saturated rings. The van der Waals surface area contributed by atoms with Gasteiger partial charge in [0.05, 0.1) is 6.04 Å². The summed E-state index contributed by atoms with van der Waals surface area (Å²) in [5, 5.41) is 21.7. The third-order valence-corrected chi connectivity index (χ3v) is 6.85. The number of fused-ring (bicyclic) bond motifs is 1.